The summed E-state index contributed by atoms with van der Waals surface area (Å²) in [7, 11) is 0. The lowest BCUT2D eigenvalue weighted by atomic mass is 10.2. The highest BCUT2D eigenvalue weighted by Crippen LogP contribution is 2.16. The Morgan fingerprint density at radius 1 is 1.00 bits per heavy atom. The number of benzene rings is 2. The number of hydrogen-bond acceptors (Lipinski definition) is 3. The van der Waals surface area contributed by atoms with Crippen LogP contribution in [0.1, 0.15) is 15.9 Å². The van der Waals surface area contributed by atoms with Crippen molar-refractivity contribution in [3.63, 3.8) is 0 Å². The fraction of sp³-hybridized carbons (Fsp3) is 0.0500. The maximum Gasteiger partial charge on any atom is 0.265 e. The molecule has 5 nitrogen and oxygen atoms in total. The molecule has 2 aromatic heterocycles. The number of halogens is 2. The summed E-state index contributed by atoms with van der Waals surface area (Å²) < 4.78 is 1.36. The zero-order chi connectivity index (χ0) is 19.0. The summed E-state index contributed by atoms with van der Waals surface area (Å²) in [5.74, 6) is -0.287. The summed E-state index contributed by atoms with van der Waals surface area (Å²) in [4.78, 5) is 29.7. The van der Waals surface area contributed by atoms with Gasteiger partial charge < -0.3 is 5.32 Å². The predicted molar refractivity (Wildman–Crippen MR) is 107 cm³/mol. The molecule has 4 rings (SSSR count). The Morgan fingerprint density at radius 2 is 1.74 bits per heavy atom. The number of nitrogens with zero attached hydrogens (tertiary/aromatic N) is 2. The lowest BCUT2D eigenvalue weighted by Crippen LogP contribution is -2.24. The van der Waals surface area contributed by atoms with Crippen LogP contribution in [0.2, 0.25) is 10.0 Å². The highest BCUT2D eigenvalue weighted by Gasteiger charge is 2.10. The van der Waals surface area contributed by atoms with Gasteiger partial charge in [-0.05, 0) is 48.0 Å². The number of aromatic nitrogens is 2. The van der Waals surface area contributed by atoms with E-state index in [4.69, 9.17) is 23.2 Å². The van der Waals surface area contributed by atoms with Gasteiger partial charge in [-0.15, -0.1) is 0 Å². The molecule has 0 unspecified atom stereocenters. The van der Waals surface area contributed by atoms with Crippen molar-refractivity contribution in [2.24, 2.45) is 0 Å². The molecule has 27 heavy (non-hydrogen) atoms. The highest BCUT2D eigenvalue weighted by molar-refractivity contribution is 6.31. The van der Waals surface area contributed by atoms with Gasteiger partial charge in [0.15, 0.2) is 0 Å². The van der Waals surface area contributed by atoms with Crippen molar-refractivity contribution in [3.8, 4) is 0 Å². The Kier molecular flexibility index (Phi) is 4.56. The van der Waals surface area contributed by atoms with Crippen molar-refractivity contribution in [1.82, 2.24) is 14.7 Å². The molecule has 0 aliphatic rings. The molecule has 1 amide bonds. The van der Waals surface area contributed by atoms with Crippen LogP contribution in [0.5, 0.6) is 0 Å². The van der Waals surface area contributed by atoms with E-state index in [1.54, 1.807) is 42.5 Å². The van der Waals surface area contributed by atoms with E-state index in [1.807, 2.05) is 12.1 Å². The first kappa shape index (κ1) is 17.5. The first-order chi connectivity index (χ1) is 13.0. The van der Waals surface area contributed by atoms with Crippen LogP contribution in [-0.2, 0) is 6.54 Å². The van der Waals surface area contributed by atoms with Gasteiger partial charge in [0.25, 0.3) is 11.5 Å². The predicted octanol–water partition coefficient (Wildman–Crippen LogP) is 4.08. The lowest BCUT2D eigenvalue weighted by molar-refractivity contribution is 0.0950. The van der Waals surface area contributed by atoms with Gasteiger partial charge in [0, 0.05) is 22.8 Å². The molecule has 0 atom stereocenters. The van der Waals surface area contributed by atoms with Crippen molar-refractivity contribution in [2.75, 3.05) is 0 Å². The van der Waals surface area contributed by atoms with E-state index in [-0.39, 0.29) is 11.5 Å². The number of hydrogen-bond donors (Lipinski definition) is 1. The van der Waals surface area contributed by atoms with Gasteiger partial charge in [-0.1, -0.05) is 35.3 Å². The third-order valence-electron chi connectivity index (χ3n) is 4.20. The maximum atomic E-state index is 12.7. The number of amides is 1. The van der Waals surface area contributed by atoms with E-state index >= 15 is 0 Å². The number of nitrogens with one attached hydrogen (secondary N) is 1. The average Bonchev–Trinajstić information content (AvgIpc) is 2.68. The summed E-state index contributed by atoms with van der Waals surface area (Å²) in [5.41, 5.74) is 2.04. The lowest BCUT2D eigenvalue weighted by Gasteiger charge is -2.08. The molecule has 0 radical (unpaired) electrons. The van der Waals surface area contributed by atoms with E-state index in [1.165, 1.54) is 10.6 Å². The second-order valence-electron chi connectivity index (χ2n) is 6.03. The minimum absolute atomic E-state index is 0.273. The van der Waals surface area contributed by atoms with E-state index in [9.17, 15) is 9.59 Å². The quantitative estimate of drug-likeness (QED) is 0.529. The van der Waals surface area contributed by atoms with Crippen LogP contribution in [0.3, 0.4) is 0 Å². The monoisotopic (exact) mass is 397 g/mol. The minimum atomic E-state index is -0.287. The standard InChI is InChI=1S/C20H13Cl2N3O2/c21-14-4-1-12(2-5-14)10-23-19(26)13-3-8-18-24-17-7-6-15(22)9-16(17)20(27)25(18)11-13/h1-9,11H,10H2,(H,23,26). The minimum Gasteiger partial charge on any atom is -0.348 e. The molecule has 0 fully saturated rings. The molecule has 0 spiro atoms. The molecule has 2 aromatic carbocycles. The molecule has 0 aliphatic heterocycles. The van der Waals surface area contributed by atoms with Gasteiger partial charge in [0.05, 0.1) is 16.5 Å². The smallest absolute Gasteiger partial charge is 0.265 e. The summed E-state index contributed by atoms with van der Waals surface area (Å²) in [6.07, 6.45) is 1.49. The molecule has 0 saturated heterocycles. The van der Waals surface area contributed by atoms with Gasteiger partial charge in [0.1, 0.15) is 5.65 Å². The number of rotatable bonds is 3. The Morgan fingerprint density at radius 3 is 2.52 bits per heavy atom. The summed E-state index contributed by atoms with van der Waals surface area (Å²) in [5, 5.41) is 4.32. The number of pyridine rings is 1. The van der Waals surface area contributed by atoms with Crippen molar-refractivity contribution in [2.45, 2.75) is 6.54 Å². The Bertz CT molecular complexity index is 1230. The molecular weight excluding hydrogens is 385 g/mol. The molecular formula is C20H13Cl2N3O2. The SMILES string of the molecule is O=C(NCc1ccc(Cl)cc1)c1ccc2nc3ccc(Cl)cc3c(=O)n2c1. The zero-order valence-electron chi connectivity index (χ0n) is 13.9. The molecule has 0 bridgehead atoms. The van der Waals surface area contributed by atoms with Gasteiger partial charge in [0.2, 0.25) is 0 Å². The molecule has 0 aliphatic carbocycles. The highest BCUT2D eigenvalue weighted by atomic mass is 35.5. The fourth-order valence-corrected chi connectivity index (χ4v) is 3.10. The fourth-order valence-electron chi connectivity index (χ4n) is 2.80. The largest absolute Gasteiger partial charge is 0.348 e. The summed E-state index contributed by atoms with van der Waals surface area (Å²) in [6.45, 7) is 0.356. The van der Waals surface area contributed by atoms with Crippen molar-refractivity contribution < 1.29 is 4.79 Å². The molecule has 134 valence electrons. The van der Waals surface area contributed by atoms with E-state index < -0.39 is 0 Å². The molecule has 7 heteroatoms. The number of carbonyl (C=O) groups excluding carboxylic acids is 1. The van der Waals surface area contributed by atoms with E-state index in [0.29, 0.717) is 38.7 Å². The van der Waals surface area contributed by atoms with E-state index in [2.05, 4.69) is 10.3 Å². The van der Waals surface area contributed by atoms with Crippen molar-refractivity contribution in [1.29, 1.82) is 0 Å². The average molecular weight is 398 g/mol. The second kappa shape index (κ2) is 7.02. The number of carbonyl (C=O) groups is 1. The summed E-state index contributed by atoms with van der Waals surface area (Å²) in [6, 6.07) is 15.5. The topological polar surface area (TPSA) is 63.5 Å². The molecule has 2 heterocycles. The van der Waals surface area contributed by atoms with Crippen LogP contribution in [0, 0.1) is 0 Å². The van der Waals surface area contributed by atoms with Gasteiger partial charge in [-0.2, -0.15) is 0 Å². The Balaban J connectivity index is 1.66. The van der Waals surface area contributed by atoms with Crippen LogP contribution >= 0.6 is 23.2 Å². The van der Waals surface area contributed by atoms with Gasteiger partial charge in [-0.3, -0.25) is 14.0 Å². The number of fused-ring (bicyclic) bond motifs is 2. The van der Waals surface area contributed by atoms with Crippen LogP contribution in [-0.4, -0.2) is 15.3 Å². The first-order valence-electron chi connectivity index (χ1n) is 8.15. The third kappa shape index (κ3) is 3.52. The summed E-state index contributed by atoms with van der Waals surface area (Å²) >= 11 is 11.8. The van der Waals surface area contributed by atoms with Crippen LogP contribution < -0.4 is 10.9 Å². The van der Waals surface area contributed by atoms with Crippen molar-refractivity contribution in [3.05, 3.63) is 92.3 Å². The normalized spacial score (nSPS) is 11.0. The van der Waals surface area contributed by atoms with Crippen LogP contribution in [0.25, 0.3) is 16.6 Å². The first-order valence-corrected chi connectivity index (χ1v) is 8.91. The Labute approximate surface area is 164 Å². The van der Waals surface area contributed by atoms with Crippen LogP contribution in [0.15, 0.2) is 65.6 Å². The molecule has 4 aromatic rings. The van der Waals surface area contributed by atoms with Gasteiger partial charge >= 0.3 is 0 Å². The molecule has 1 N–H and O–H groups in total. The van der Waals surface area contributed by atoms with Crippen molar-refractivity contribution >= 4 is 45.7 Å². The third-order valence-corrected chi connectivity index (χ3v) is 4.69. The second-order valence-corrected chi connectivity index (χ2v) is 6.91. The maximum absolute atomic E-state index is 12.7. The van der Waals surface area contributed by atoms with E-state index in [0.717, 1.165) is 5.56 Å². The zero-order valence-corrected chi connectivity index (χ0v) is 15.5. The Hall–Kier alpha value is -2.89. The van der Waals surface area contributed by atoms with Gasteiger partial charge in [-0.25, -0.2) is 4.98 Å². The van der Waals surface area contributed by atoms with Crippen LogP contribution in [0.4, 0.5) is 0 Å². The molecule has 0 saturated carbocycles.